The molecule has 0 spiro atoms. The summed E-state index contributed by atoms with van der Waals surface area (Å²) in [6.45, 7) is 0.0449. The Bertz CT molecular complexity index is 969. The lowest BCUT2D eigenvalue weighted by Crippen LogP contribution is -2.34. The molecule has 2 N–H and O–H groups in total. The predicted octanol–water partition coefficient (Wildman–Crippen LogP) is 2.74. The number of nitrogens with zero attached hydrogens (tertiary/aromatic N) is 3. The molecule has 0 bridgehead atoms. The first kappa shape index (κ1) is 22.4. The molecule has 31 heavy (non-hydrogen) atoms. The van der Waals surface area contributed by atoms with Crippen LogP contribution in [0.25, 0.3) is 0 Å². The average Bonchev–Trinajstić information content (AvgIpc) is 3.57. The molecule has 2 aromatic rings. The number of halogens is 4. The van der Waals surface area contributed by atoms with Gasteiger partial charge in [0.05, 0.1) is 0 Å². The minimum atomic E-state index is -4.28. The third-order valence-electron chi connectivity index (χ3n) is 4.33. The molecular formula is C19H19F4N5O3. The van der Waals surface area contributed by atoms with E-state index in [0.29, 0.717) is 11.1 Å². The van der Waals surface area contributed by atoms with E-state index in [2.05, 4.69) is 25.6 Å². The number of alkyl halides is 4. The summed E-state index contributed by atoms with van der Waals surface area (Å²) in [6.07, 6.45) is 0.407. The van der Waals surface area contributed by atoms with Crippen molar-refractivity contribution in [1.82, 2.24) is 20.3 Å². The van der Waals surface area contributed by atoms with Gasteiger partial charge in [-0.15, -0.1) is 0 Å². The molecule has 12 heteroatoms. The van der Waals surface area contributed by atoms with E-state index >= 15 is 0 Å². The van der Waals surface area contributed by atoms with Gasteiger partial charge in [-0.2, -0.15) is 8.78 Å². The SMILES string of the molecule is Cc1cc(CNC(=O)c2ccnc(NC(=O)C3CC3)n2)cnc1OCC(F)(F)C(F)F. The van der Waals surface area contributed by atoms with Crippen molar-refractivity contribution in [3.05, 3.63) is 41.3 Å². The van der Waals surface area contributed by atoms with Crippen LogP contribution in [-0.2, 0) is 11.3 Å². The second-order valence-corrected chi connectivity index (χ2v) is 7.03. The number of amides is 2. The van der Waals surface area contributed by atoms with E-state index in [0.717, 1.165) is 12.8 Å². The maximum atomic E-state index is 13.0. The lowest BCUT2D eigenvalue weighted by molar-refractivity contribution is -0.148. The van der Waals surface area contributed by atoms with Gasteiger partial charge in [0.1, 0.15) is 5.69 Å². The summed E-state index contributed by atoms with van der Waals surface area (Å²) in [5, 5.41) is 5.16. The molecular weight excluding hydrogens is 422 g/mol. The minimum Gasteiger partial charge on any atom is -0.471 e. The Balaban J connectivity index is 1.55. The van der Waals surface area contributed by atoms with Gasteiger partial charge in [0.15, 0.2) is 6.61 Å². The number of ether oxygens (including phenoxy) is 1. The predicted molar refractivity (Wildman–Crippen MR) is 100.0 cm³/mol. The number of pyridine rings is 1. The van der Waals surface area contributed by atoms with Gasteiger partial charge < -0.3 is 10.1 Å². The largest absolute Gasteiger partial charge is 0.471 e. The summed E-state index contributed by atoms with van der Waals surface area (Å²) in [5.41, 5.74) is 0.902. The number of rotatable bonds is 9. The number of aromatic nitrogens is 3. The second-order valence-electron chi connectivity index (χ2n) is 7.03. The Hall–Kier alpha value is -3.31. The normalized spacial score (nSPS) is 13.7. The van der Waals surface area contributed by atoms with Crippen LogP contribution in [0.1, 0.15) is 34.5 Å². The fourth-order valence-corrected chi connectivity index (χ4v) is 2.47. The molecule has 1 aliphatic rings. The number of carbonyl (C=O) groups is 2. The fourth-order valence-electron chi connectivity index (χ4n) is 2.47. The second kappa shape index (κ2) is 9.23. The van der Waals surface area contributed by atoms with E-state index in [1.54, 1.807) is 0 Å². The van der Waals surface area contributed by atoms with Gasteiger partial charge in [-0.25, -0.2) is 23.7 Å². The molecule has 1 aliphatic carbocycles. The molecule has 2 aromatic heterocycles. The summed E-state index contributed by atoms with van der Waals surface area (Å²) < 4.78 is 55.0. The molecule has 2 heterocycles. The number of carbonyl (C=O) groups excluding carboxylic acids is 2. The maximum absolute atomic E-state index is 13.0. The van der Waals surface area contributed by atoms with E-state index < -0.39 is 24.9 Å². The molecule has 0 saturated heterocycles. The van der Waals surface area contributed by atoms with Crippen molar-refractivity contribution in [3.63, 3.8) is 0 Å². The zero-order valence-electron chi connectivity index (χ0n) is 16.4. The molecule has 3 rings (SSSR count). The van der Waals surface area contributed by atoms with Crippen LogP contribution in [0.2, 0.25) is 0 Å². The molecule has 0 aromatic carbocycles. The van der Waals surface area contributed by atoms with E-state index in [9.17, 15) is 27.2 Å². The van der Waals surface area contributed by atoms with Crippen LogP contribution in [0, 0.1) is 12.8 Å². The summed E-state index contributed by atoms with van der Waals surface area (Å²) in [4.78, 5) is 35.8. The van der Waals surface area contributed by atoms with Crippen molar-refractivity contribution in [1.29, 1.82) is 0 Å². The lowest BCUT2D eigenvalue weighted by Gasteiger charge is -2.16. The summed E-state index contributed by atoms with van der Waals surface area (Å²) in [7, 11) is 0. The topological polar surface area (TPSA) is 106 Å². The van der Waals surface area contributed by atoms with Crippen molar-refractivity contribution in [2.45, 2.75) is 38.7 Å². The third-order valence-corrected chi connectivity index (χ3v) is 4.33. The number of nitrogens with one attached hydrogen (secondary N) is 2. The average molecular weight is 441 g/mol. The lowest BCUT2D eigenvalue weighted by atomic mass is 10.2. The molecule has 8 nitrogen and oxygen atoms in total. The Morgan fingerprint density at radius 3 is 2.68 bits per heavy atom. The van der Waals surface area contributed by atoms with Crippen LogP contribution < -0.4 is 15.4 Å². The zero-order valence-corrected chi connectivity index (χ0v) is 16.4. The quantitative estimate of drug-likeness (QED) is 0.580. The summed E-state index contributed by atoms with van der Waals surface area (Å²) in [6, 6.07) is 2.90. The van der Waals surface area contributed by atoms with Gasteiger partial charge in [-0.3, -0.25) is 14.9 Å². The highest BCUT2D eigenvalue weighted by Crippen LogP contribution is 2.29. The maximum Gasteiger partial charge on any atom is 0.340 e. The Labute approximate surface area is 174 Å². The van der Waals surface area contributed by atoms with Crippen LogP contribution >= 0.6 is 0 Å². The minimum absolute atomic E-state index is 0.0316. The van der Waals surface area contributed by atoms with E-state index in [-0.39, 0.29) is 35.9 Å². The van der Waals surface area contributed by atoms with Crippen LogP contribution in [0.3, 0.4) is 0 Å². The number of hydrogen-bond acceptors (Lipinski definition) is 6. The molecule has 0 radical (unpaired) electrons. The fraction of sp³-hybridized carbons (Fsp3) is 0.421. The van der Waals surface area contributed by atoms with Crippen LogP contribution in [0.4, 0.5) is 23.5 Å². The van der Waals surface area contributed by atoms with Crippen LogP contribution in [0.15, 0.2) is 24.5 Å². The molecule has 1 fully saturated rings. The Morgan fingerprint density at radius 2 is 2.03 bits per heavy atom. The number of anilines is 1. The molecule has 0 aliphatic heterocycles. The monoisotopic (exact) mass is 441 g/mol. The molecule has 2 amide bonds. The van der Waals surface area contributed by atoms with Crippen LogP contribution in [-0.4, -0.2) is 45.7 Å². The van der Waals surface area contributed by atoms with Gasteiger partial charge in [0.2, 0.25) is 17.7 Å². The van der Waals surface area contributed by atoms with E-state index in [4.69, 9.17) is 4.74 Å². The highest BCUT2D eigenvalue weighted by atomic mass is 19.3. The molecule has 0 unspecified atom stereocenters. The molecule has 1 saturated carbocycles. The van der Waals surface area contributed by atoms with Crippen molar-refractivity contribution in [3.8, 4) is 5.88 Å². The summed E-state index contributed by atoms with van der Waals surface area (Å²) in [5.74, 6) is -5.21. The first-order valence-electron chi connectivity index (χ1n) is 9.32. The van der Waals surface area contributed by atoms with Crippen molar-refractivity contribution in [2.24, 2.45) is 5.92 Å². The highest BCUT2D eigenvalue weighted by molar-refractivity contribution is 5.94. The van der Waals surface area contributed by atoms with Gasteiger partial charge in [0.25, 0.3) is 5.91 Å². The van der Waals surface area contributed by atoms with Gasteiger partial charge in [0, 0.05) is 30.4 Å². The van der Waals surface area contributed by atoms with Crippen LogP contribution in [0.5, 0.6) is 5.88 Å². The third kappa shape index (κ3) is 6.09. The van der Waals surface area contributed by atoms with E-state index in [1.165, 1.54) is 31.5 Å². The Kier molecular flexibility index (Phi) is 6.66. The van der Waals surface area contributed by atoms with Crippen molar-refractivity contribution >= 4 is 17.8 Å². The highest BCUT2D eigenvalue weighted by Gasteiger charge is 2.42. The zero-order chi connectivity index (χ0) is 22.6. The molecule has 166 valence electrons. The van der Waals surface area contributed by atoms with Gasteiger partial charge >= 0.3 is 12.3 Å². The number of aryl methyl sites for hydroxylation is 1. The first-order chi connectivity index (χ1) is 14.7. The smallest absolute Gasteiger partial charge is 0.340 e. The van der Waals surface area contributed by atoms with Crippen molar-refractivity contribution in [2.75, 3.05) is 11.9 Å². The van der Waals surface area contributed by atoms with Crippen molar-refractivity contribution < 1.29 is 31.9 Å². The first-order valence-corrected chi connectivity index (χ1v) is 9.32. The molecule has 0 atom stereocenters. The summed E-state index contributed by atoms with van der Waals surface area (Å²) >= 11 is 0. The standard InChI is InChI=1S/C19H19F4N5O3/c1-10-6-11(8-26-16(10)31-9-19(22,23)17(20)21)7-25-15(30)13-4-5-24-18(27-13)28-14(29)12-2-3-12/h4-6,8,12,17H,2-3,7,9H2,1H3,(H,25,30)(H,24,27,28,29). The van der Waals surface area contributed by atoms with Gasteiger partial charge in [-0.1, -0.05) is 0 Å². The Morgan fingerprint density at radius 1 is 1.29 bits per heavy atom. The van der Waals surface area contributed by atoms with Gasteiger partial charge in [-0.05, 0) is 37.5 Å². The van der Waals surface area contributed by atoms with E-state index in [1.807, 2.05) is 0 Å². The number of hydrogen-bond donors (Lipinski definition) is 2.